The third-order valence-electron chi connectivity index (χ3n) is 3.57. The van der Waals surface area contributed by atoms with Crippen molar-refractivity contribution < 1.29 is 24.2 Å². The number of ether oxygens (including phenoxy) is 2. The van der Waals surface area contributed by atoms with Gasteiger partial charge in [0, 0.05) is 12.7 Å². The molecule has 1 aliphatic rings. The normalized spacial score (nSPS) is 21.0. The summed E-state index contributed by atoms with van der Waals surface area (Å²) < 4.78 is 10.1. The van der Waals surface area contributed by atoms with Crippen LogP contribution in [0.15, 0.2) is 18.3 Å². The number of hydrogen-bond acceptors (Lipinski definition) is 6. The van der Waals surface area contributed by atoms with Gasteiger partial charge in [0.25, 0.3) is 0 Å². The molecule has 114 valence electrons. The fourth-order valence-electron chi connectivity index (χ4n) is 2.52. The largest absolute Gasteiger partial charge is 0.481 e. The van der Waals surface area contributed by atoms with Gasteiger partial charge >= 0.3 is 11.9 Å². The van der Waals surface area contributed by atoms with Crippen molar-refractivity contribution in [2.45, 2.75) is 13.0 Å². The minimum atomic E-state index is -0.911. The summed E-state index contributed by atoms with van der Waals surface area (Å²) in [6.07, 6.45) is 1.57. The van der Waals surface area contributed by atoms with E-state index in [-0.39, 0.29) is 12.6 Å². The van der Waals surface area contributed by atoms with E-state index < -0.39 is 17.9 Å². The second kappa shape index (κ2) is 6.53. The molecule has 7 heteroatoms. The Hall–Kier alpha value is -2.15. The third-order valence-corrected chi connectivity index (χ3v) is 3.57. The van der Waals surface area contributed by atoms with E-state index >= 15 is 0 Å². The molecule has 1 aromatic heterocycles. The molecule has 1 saturated heterocycles. The van der Waals surface area contributed by atoms with Gasteiger partial charge in [0.2, 0.25) is 0 Å². The van der Waals surface area contributed by atoms with Crippen molar-refractivity contribution >= 4 is 17.8 Å². The lowest BCUT2D eigenvalue weighted by Gasteiger charge is -2.31. The maximum atomic E-state index is 11.8. The van der Waals surface area contributed by atoms with E-state index in [2.05, 4.69) is 4.98 Å². The quantitative estimate of drug-likeness (QED) is 0.803. The Bertz CT molecular complexity index is 534. The maximum Gasteiger partial charge on any atom is 0.341 e. The van der Waals surface area contributed by atoms with E-state index in [1.807, 2.05) is 6.92 Å². The lowest BCUT2D eigenvalue weighted by molar-refractivity contribution is -0.141. The molecule has 1 aliphatic heterocycles. The Morgan fingerprint density at radius 2 is 2.29 bits per heavy atom. The van der Waals surface area contributed by atoms with Crippen molar-refractivity contribution in [3.05, 3.63) is 23.9 Å². The number of hydrogen-bond donors (Lipinski definition) is 1. The lowest BCUT2D eigenvalue weighted by Crippen LogP contribution is -2.44. The topological polar surface area (TPSA) is 89.0 Å². The number of carboxylic acids is 1. The summed E-state index contributed by atoms with van der Waals surface area (Å²) >= 11 is 0. The number of rotatable bonds is 5. The van der Waals surface area contributed by atoms with E-state index in [1.165, 1.54) is 7.11 Å². The van der Waals surface area contributed by atoms with Crippen LogP contribution in [0.1, 0.15) is 17.3 Å². The molecule has 2 unspecified atom stereocenters. The van der Waals surface area contributed by atoms with E-state index in [1.54, 1.807) is 23.2 Å². The molecule has 0 radical (unpaired) electrons. The molecule has 0 aromatic carbocycles. The highest BCUT2D eigenvalue weighted by atomic mass is 16.5. The van der Waals surface area contributed by atoms with Crippen LogP contribution in [0.25, 0.3) is 0 Å². The molecule has 1 aromatic rings. The van der Waals surface area contributed by atoms with Crippen LogP contribution in [-0.2, 0) is 14.3 Å². The SMILES string of the molecule is CCN(c1ncccc1C(=O)OC)C1COCC1C(=O)O. The number of esters is 1. The van der Waals surface area contributed by atoms with E-state index in [4.69, 9.17) is 9.47 Å². The highest BCUT2D eigenvalue weighted by Crippen LogP contribution is 2.27. The van der Waals surface area contributed by atoms with Gasteiger partial charge in [0.1, 0.15) is 17.3 Å². The summed E-state index contributed by atoms with van der Waals surface area (Å²) in [5.74, 6) is -1.63. The molecule has 2 atom stereocenters. The molecular formula is C14H18N2O5. The first-order chi connectivity index (χ1) is 10.1. The average Bonchev–Trinajstić information content (AvgIpc) is 2.97. The Balaban J connectivity index is 2.38. The van der Waals surface area contributed by atoms with Crippen molar-refractivity contribution in [3.8, 4) is 0 Å². The van der Waals surface area contributed by atoms with Gasteiger partial charge in [-0.2, -0.15) is 0 Å². The number of aromatic nitrogens is 1. The molecule has 0 amide bonds. The van der Waals surface area contributed by atoms with Gasteiger partial charge in [0.15, 0.2) is 0 Å². The van der Waals surface area contributed by atoms with E-state index in [0.717, 1.165) is 0 Å². The first-order valence-corrected chi connectivity index (χ1v) is 6.70. The van der Waals surface area contributed by atoms with Crippen LogP contribution in [-0.4, -0.2) is 54.9 Å². The van der Waals surface area contributed by atoms with Crippen LogP contribution in [0.2, 0.25) is 0 Å². The van der Waals surface area contributed by atoms with Gasteiger partial charge in [-0.05, 0) is 19.1 Å². The molecule has 1 fully saturated rings. The highest BCUT2D eigenvalue weighted by Gasteiger charge is 2.39. The third kappa shape index (κ3) is 2.97. The summed E-state index contributed by atoms with van der Waals surface area (Å²) in [7, 11) is 1.30. The predicted molar refractivity (Wildman–Crippen MR) is 74.3 cm³/mol. The first-order valence-electron chi connectivity index (χ1n) is 6.70. The standard InChI is InChI=1S/C14H18N2O5/c1-3-16(11-8-21-7-10(11)13(17)18)12-9(14(19)20-2)5-4-6-15-12/h4-6,10-11H,3,7-8H2,1-2H3,(H,17,18). The Morgan fingerprint density at radius 3 is 2.90 bits per heavy atom. The summed E-state index contributed by atoms with van der Waals surface area (Å²) in [5.41, 5.74) is 0.317. The van der Waals surface area contributed by atoms with Crippen molar-refractivity contribution in [3.63, 3.8) is 0 Å². The first kappa shape index (κ1) is 15.2. The van der Waals surface area contributed by atoms with E-state index in [9.17, 15) is 14.7 Å². The number of nitrogens with zero attached hydrogens (tertiary/aromatic N) is 2. The van der Waals surface area contributed by atoms with Crippen molar-refractivity contribution in [1.29, 1.82) is 0 Å². The monoisotopic (exact) mass is 294 g/mol. The summed E-state index contributed by atoms with van der Waals surface area (Å²) in [6, 6.07) is 2.90. The fourth-order valence-corrected chi connectivity index (χ4v) is 2.52. The number of carbonyl (C=O) groups is 2. The zero-order valence-corrected chi connectivity index (χ0v) is 12.0. The summed E-state index contributed by atoms with van der Waals surface area (Å²) in [4.78, 5) is 29.2. The molecule has 0 saturated carbocycles. The van der Waals surface area contributed by atoms with Gasteiger partial charge < -0.3 is 19.5 Å². The zero-order chi connectivity index (χ0) is 15.4. The number of anilines is 1. The number of carbonyl (C=O) groups excluding carboxylic acids is 1. The number of carboxylic acid groups (broad SMARTS) is 1. The van der Waals surface area contributed by atoms with Gasteiger partial charge in [-0.15, -0.1) is 0 Å². The molecule has 0 spiro atoms. The van der Waals surface area contributed by atoms with Crippen LogP contribution in [0.3, 0.4) is 0 Å². The van der Waals surface area contributed by atoms with Crippen molar-refractivity contribution in [2.24, 2.45) is 5.92 Å². The Morgan fingerprint density at radius 1 is 1.52 bits per heavy atom. The van der Waals surface area contributed by atoms with Crippen molar-refractivity contribution in [1.82, 2.24) is 4.98 Å². The second-order valence-corrected chi connectivity index (χ2v) is 4.70. The van der Waals surface area contributed by atoms with Crippen molar-refractivity contribution in [2.75, 3.05) is 31.8 Å². The number of methoxy groups -OCH3 is 1. The van der Waals surface area contributed by atoms with Crippen LogP contribution in [0, 0.1) is 5.92 Å². The Labute approximate surface area is 122 Å². The van der Waals surface area contributed by atoms with Crippen LogP contribution >= 0.6 is 0 Å². The molecule has 7 nitrogen and oxygen atoms in total. The van der Waals surface area contributed by atoms with E-state index in [0.29, 0.717) is 24.5 Å². The predicted octanol–water partition coefficient (Wildman–Crippen LogP) is 0.794. The molecule has 2 rings (SSSR count). The molecule has 2 heterocycles. The molecule has 0 aliphatic carbocycles. The second-order valence-electron chi connectivity index (χ2n) is 4.70. The lowest BCUT2D eigenvalue weighted by atomic mass is 10.0. The van der Waals surface area contributed by atoms with Crippen LogP contribution < -0.4 is 4.90 Å². The van der Waals surface area contributed by atoms with Gasteiger partial charge in [-0.25, -0.2) is 9.78 Å². The minimum Gasteiger partial charge on any atom is -0.481 e. The fraction of sp³-hybridized carbons (Fsp3) is 0.500. The molecule has 1 N–H and O–H groups in total. The minimum absolute atomic E-state index is 0.164. The number of likely N-dealkylation sites (N-methyl/N-ethyl adjacent to an activating group) is 1. The summed E-state index contributed by atoms with van der Waals surface area (Å²) in [6.45, 7) is 2.85. The Kier molecular flexibility index (Phi) is 4.74. The van der Waals surface area contributed by atoms with Gasteiger partial charge in [0.05, 0.1) is 26.4 Å². The summed E-state index contributed by atoms with van der Waals surface area (Å²) in [5, 5.41) is 9.28. The van der Waals surface area contributed by atoms with Crippen LogP contribution in [0.4, 0.5) is 5.82 Å². The number of aliphatic carboxylic acids is 1. The highest BCUT2D eigenvalue weighted by molar-refractivity contribution is 5.94. The average molecular weight is 294 g/mol. The molecule has 21 heavy (non-hydrogen) atoms. The van der Waals surface area contributed by atoms with Gasteiger partial charge in [-0.1, -0.05) is 0 Å². The maximum absolute atomic E-state index is 11.8. The number of pyridine rings is 1. The molecular weight excluding hydrogens is 276 g/mol. The smallest absolute Gasteiger partial charge is 0.341 e. The zero-order valence-electron chi connectivity index (χ0n) is 12.0. The molecule has 0 bridgehead atoms. The van der Waals surface area contributed by atoms with Gasteiger partial charge in [-0.3, -0.25) is 4.79 Å². The van der Waals surface area contributed by atoms with Crippen LogP contribution in [0.5, 0.6) is 0 Å².